The summed E-state index contributed by atoms with van der Waals surface area (Å²) in [6.45, 7) is 2.77. The average Bonchev–Trinajstić information content (AvgIpc) is 2.84. The molecule has 3 aromatic rings. The summed E-state index contributed by atoms with van der Waals surface area (Å²) in [6.07, 6.45) is 0.786. The third kappa shape index (κ3) is 8.19. The summed E-state index contributed by atoms with van der Waals surface area (Å²) in [5.74, 6) is 0.434. The van der Waals surface area contributed by atoms with Gasteiger partial charge in [-0.1, -0.05) is 70.0 Å². The van der Waals surface area contributed by atoms with Crippen molar-refractivity contribution >= 4 is 51.1 Å². The highest BCUT2D eigenvalue weighted by Crippen LogP contribution is 2.23. The SMILES string of the molecule is CCNC(=O)[C@H](Cc1ccccc1)N(Cc1ccc(Br)cc1)C(=O)CCSc1ccc(Cl)cc1. The zero-order valence-electron chi connectivity index (χ0n) is 19.0. The van der Waals surface area contributed by atoms with Crippen molar-refractivity contribution in [1.82, 2.24) is 10.2 Å². The van der Waals surface area contributed by atoms with E-state index < -0.39 is 6.04 Å². The van der Waals surface area contributed by atoms with E-state index in [0.29, 0.717) is 36.7 Å². The van der Waals surface area contributed by atoms with E-state index in [1.54, 1.807) is 16.7 Å². The minimum absolute atomic E-state index is 0.0448. The molecule has 0 spiro atoms. The normalized spacial score (nSPS) is 11.6. The Balaban J connectivity index is 1.81. The first-order valence-corrected chi connectivity index (χ1v) is 13.4. The lowest BCUT2D eigenvalue weighted by atomic mass is 10.0. The van der Waals surface area contributed by atoms with Crippen LogP contribution in [0.1, 0.15) is 24.5 Å². The van der Waals surface area contributed by atoms with E-state index in [0.717, 1.165) is 20.5 Å². The highest BCUT2D eigenvalue weighted by molar-refractivity contribution is 9.10. The standard InChI is InChI=1S/C27H28BrClN2O2S/c1-2-30-27(33)25(18-20-6-4-3-5-7-20)31(19-21-8-10-22(28)11-9-21)26(32)16-17-34-24-14-12-23(29)13-15-24/h3-15,25H,2,16-19H2,1H3,(H,30,33)/t25-/m0/s1. The predicted octanol–water partition coefficient (Wildman–Crippen LogP) is 6.36. The Bertz CT molecular complexity index is 1060. The summed E-state index contributed by atoms with van der Waals surface area (Å²) in [7, 11) is 0. The summed E-state index contributed by atoms with van der Waals surface area (Å²) >= 11 is 11.0. The largest absolute Gasteiger partial charge is 0.355 e. The lowest BCUT2D eigenvalue weighted by Gasteiger charge is -2.31. The Morgan fingerprint density at radius 1 is 0.971 bits per heavy atom. The number of carbonyl (C=O) groups excluding carboxylic acids is 2. The lowest BCUT2D eigenvalue weighted by molar-refractivity contribution is -0.140. The molecule has 0 heterocycles. The fourth-order valence-electron chi connectivity index (χ4n) is 3.56. The van der Waals surface area contributed by atoms with Gasteiger partial charge in [0.15, 0.2) is 0 Å². The average molecular weight is 560 g/mol. The molecule has 0 bridgehead atoms. The number of benzene rings is 3. The maximum atomic E-state index is 13.5. The third-order valence-corrected chi connectivity index (χ3v) is 7.08. The molecule has 3 rings (SSSR count). The van der Waals surface area contributed by atoms with Gasteiger partial charge in [0.1, 0.15) is 6.04 Å². The van der Waals surface area contributed by atoms with Crippen LogP contribution in [0, 0.1) is 0 Å². The Kier molecular flexibility index (Phi) is 10.5. The molecule has 7 heteroatoms. The monoisotopic (exact) mass is 558 g/mol. The summed E-state index contributed by atoms with van der Waals surface area (Å²) in [5, 5.41) is 3.61. The topological polar surface area (TPSA) is 49.4 Å². The van der Waals surface area contributed by atoms with E-state index in [1.165, 1.54) is 0 Å². The summed E-state index contributed by atoms with van der Waals surface area (Å²) < 4.78 is 0.970. The molecule has 1 N–H and O–H groups in total. The second-order valence-corrected chi connectivity index (χ2v) is 10.3. The van der Waals surface area contributed by atoms with Crippen LogP contribution in [0.5, 0.6) is 0 Å². The number of amides is 2. The fraction of sp³-hybridized carbons (Fsp3) is 0.259. The van der Waals surface area contributed by atoms with E-state index in [9.17, 15) is 9.59 Å². The highest BCUT2D eigenvalue weighted by atomic mass is 79.9. The smallest absolute Gasteiger partial charge is 0.243 e. The van der Waals surface area contributed by atoms with Crippen molar-refractivity contribution in [1.29, 1.82) is 0 Å². The van der Waals surface area contributed by atoms with Crippen molar-refractivity contribution in [3.05, 3.63) is 99.5 Å². The van der Waals surface area contributed by atoms with Gasteiger partial charge in [-0.05, 0) is 54.4 Å². The number of hydrogen-bond donors (Lipinski definition) is 1. The Labute approximate surface area is 219 Å². The molecule has 178 valence electrons. The molecule has 2 amide bonds. The predicted molar refractivity (Wildman–Crippen MR) is 144 cm³/mol. The minimum Gasteiger partial charge on any atom is -0.355 e. The summed E-state index contributed by atoms with van der Waals surface area (Å²) in [5.41, 5.74) is 1.99. The summed E-state index contributed by atoms with van der Waals surface area (Å²) in [4.78, 5) is 29.4. The van der Waals surface area contributed by atoms with Crippen LogP contribution in [0.15, 0.2) is 88.2 Å². The zero-order valence-corrected chi connectivity index (χ0v) is 22.2. The number of rotatable bonds is 11. The van der Waals surface area contributed by atoms with Gasteiger partial charge in [0.2, 0.25) is 11.8 Å². The third-order valence-electron chi connectivity index (χ3n) is 5.29. The van der Waals surface area contributed by atoms with Crippen molar-refractivity contribution < 1.29 is 9.59 Å². The highest BCUT2D eigenvalue weighted by Gasteiger charge is 2.29. The number of hydrogen-bond acceptors (Lipinski definition) is 3. The molecular weight excluding hydrogens is 532 g/mol. The molecule has 0 aromatic heterocycles. The number of likely N-dealkylation sites (N-methyl/N-ethyl adjacent to an activating group) is 1. The van der Waals surface area contributed by atoms with Crippen molar-refractivity contribution in [3.8, 4) is 0 Å². The quantitative estimate of drug-likeness (QED) is 0.278. The van der Waals surface area contributed by atoms with Gasteiger partial charge in [0, 0.05) is 46.1 Å². The number of nitrogens with zero attached hydrogens (tertiary/aromatic N) is 1. The molecule has 3 aromatic carbocycles. The van der Waals surface area contributed by atoms with Crippen LogP contribution in [-0.4, -0.2) is 35.1 Å². The molecule has 0 aliphatic rings. The van der Waals surface area contributed by atoms with Crippen molar-refractivity contribution in [2.75, 3.05) is 12.3 Å². The van der Waals surface area contributed by atoms with Crippen molar-refractivity contribution in [2.24, 2.45) is 0 Å². The first-order valence-electron chi connectivity index (χ1n) is 11.2. The van der Waals surface area contributed by atoms with Gasteiger partial charge in [-0.2, -0.15) is 0 Å². The van der Waals surface area contributed by atoms with E-state index in [4.69, 9.17) is 11.6 Å². The van der Waals surface area contributed by atoms with Crippen LogP contribution in [-0.2, 0) is 22.6 Å². The number of thioether (sulfide) groups is 1. The van der Waals surface area contributed by atoms with E-state index in [2.05, 4.69) is 21.2 Å². The van der Waals surface area contributed by atoms with E-state index in [1.807, 2.05) is 85.8 Å². The van der Waals surface area contributed by atoms with E-state index >= 15 is 0 Å². The summed E-state index contributed by atoms with van der Waals surface area (Å²) in [6, 6.07) is 24.7. The van der Waals surface area contributed by atoms with Gasteiger partial charge in [-0.3, -0.25) is 9.59 Å². The van der Waals surface area contributed by atoms with Gasteiger partial charge >= 0.3 is 0 Å². The van der Waals surface area contributed by atoms with Crippen LogP contribution in [0.25, 0.3) is 0 Å². The van der Waals surface area contributed by atoms with Crippen LogP contribution >= 0.6 is 39.3 Å². The van der Waals surface area contributed by atoms with Crippen LogP contribution in [0.4, 0.5) is 0 Å². The molecule has 0 aliphatic carbocycles. The number of carbonyl (C=O) groups is 2. The van der Waals surface area contributed by atoms with Gasteiger partial charge in [-0.25, -0.2) is 0 Å². The molecule has 4 nitrogen and oxygen atoms in total. The van der Waals surface area contributed by atoms with Gasteiger partial charge in [-0.15, -0.1) is 11.8 Å². The molecule has 0 fully saturated rings. The molecule has 0 saturated carbocycles. The zero-order chi connectivity index (χ0) is 24.3. The Morgan fingerprint density at radius 3 is 2.29 bits per heavy atom. The lowest BCUT2D eigenvalue weighted by Crippen LogP contribution is -2.50. The molecule has 0 radical (unpaired) electrons. The second-order valence-electron chi connectivity index (χ2n) is 7.80. The second kappa shape index (κ2) is 13.6. The number of nitrogens with one attached hydrogen (secondary N) is 1. The van der Waals surface area contributed by atoms with Gasteiger partial charge in [0.05, 0.1) is 0 Å². The molecule has 34 heavy (non-hydrogen) atoms. The number of halogens is 2. The van der Waals surface area contributed by atoms with Crippen LogP contribution in [0.2, 0.25) is 5.02 Å². The molecule has 1 atom stereocenters. The van der Waals surface area contributed by atoms with E-state index in [-0.39, 0.29) is 11.8 Å². The first-order chi connectivity index (χ1) is 16.5. The van der Waals surface area contributed by atoms with Gasteiger partial charge in [0.25, 0.3) is 0 Å². The van der Waals surface area contributed by atoms with Gasteiger partial charge < -0.3 is 10.2 Å². The van der Waals surface area contributed by atoms with Crippen molar-refractivity contribution in [3.63, 3.8) is 0 Å². The van der Waals surface area contributed by atoms with Crippen molar-refractivity contribution in [2.45, 2.75) is 37.2 Å². The fourth-order valence-corrected chi connectivity index (χ4v) is 4.79. The minimum atomic E-state index is -0.598. The molecular formula is C27H28BrClN2O2S. The Hall–Kier alpha value is -2.28. The molecule has 0 saturated heterocycles. The van der Waals surface area contributed by atoms with Crippen LogP contribution in [0.3, 0.4) is 0 Å². The maximum Gasteiger partial charge on any atom is 0.243 e. The van der Waals surface area contributed by atoms with Crippen LogP contribution < -0.4 is 5.32 Å². The maximum absolute atomic E-state index is 13.5. The first kappa shape index (κ1) is 26.3. The molecule has 0 unspecified atom stereocenters. The Morgan fingerprint density at radius 2 is 1.65 bits per heavy atom. The molecule has 0 aliphatic heterocycles.